The standard InChI is InChI=1S/C19H23N3O3S/c1-3-4-11-20-15-5-7-16(8-6-15)21-26(24,25)17-9-10-18-14(12-17)13-19(23)22(18)2/h5-10,12,20-21H,3-4,11,13H2,1-2H3. The summed E-state index contributed by atoms with van der Waals surface area (Å²) < 4.78 is 27.9. The predicted molar refractivity (Wildman–Crippen MR) is 104 cm³/mol. The third-order valence-corrected chi connectivity index (χ3v) is 5.81. The maximum atomic E-state index is 12.6. The SMILES string of the molecule is CCCCNc1ccc(NS(=O)(=O)c2ccc3c(c2)CC(=O)N3C)cc1. The molecule has 138 valence electrons. The minimum atomic E-state index is -3.70. The van der Waals surface area contributed by atoms with Crippen LogP contribution in [0.15, 0.2) is 47.4 Å². The fraction of sp³-hybridized carbons (Fsp3) is 0.316. The van der Waals surface area contributed by atoms with Crippen molar-refractivity contribution in [3.8, 4) is 0 Å². The number of hydrogen-bond acceptors (Lipinski definition) is 4. The maximum absolute atomic E-state index is 12.6. The average molecular weight is 373 g/mol. The normalized spacial score (nSPS) is 13.6. The topological polar surface area (TPSA) is 78.5 Å². The molecule has 2 N–H and O–H groups in total. The van der Waals surface area contributed by atoms with Crippen LogP contribution in [0, 0.1) is 0 Å². The second-order valence-corrected chi connectivity index (χ2v) is 8.07. The van der Waals surface area contributed by atoms with Gasteiger partial charge in [0, 0.05) is 30.7 Å². The van der Waals surface area contributed by atoms with Crippen molar-refractivity contribution in [2.24, 2.45) is 0 Å². The van der Waals surface area contributed by atoms with Crippen molar-refractivity contribution in [1.29, 1.82) is 0 Å². The largest absolute Gasteiger partial charge is 0.385 e. The molecule has 1 amide bonds. The van der Waals surface area contributed by atoms with Gasteiger partial charge in [0.25, 0.3) is 10.0 Å². The number of carbonyl (C=O) groups is 1. The zero-order chi connectivity index (χ0) is 18.7. The van der Waals surface area contributed by atoms with Gasteiger partial charge in [0.15, 0.2) is 0 Å². The van der Waals surface area contributed by atoms with Crippen molar-refractivity contribution in [2.45, 2.75) is 31.1 Å². The van der Waals surface area contributed by atoms with Gasteiger partial charge < -0.3 is 10.2 Å². The van der Waals surface area contributed by atoms with Gasteiger partial charge in [-0.1, -0.05) is 13.3 Å². The summed E-state index contributed by atoms with van der Waals surface area (Å²) in [6, 6.07) is 11.9. The van der Waals surface area contributed by atoms with Gasteiger partial charge in [-0.25, -0.2) is 8.42 Å². The molecule has 0 unspecified atom stereocenters. The van der Waals surface area contributed by atoms with E-state index in [1.54, 1.807) is 36.2 Å². The number of carbonyl (C=O) groups excluding carboxylic acids is 1. The molecule has 0 fully saturated rings. The first kappa shape index (κ1) is 18.3. The van der Waals surface area contributed by atoms with Gasteiger partial charge in [0.05, 0.1) is 11.3 Å². The fourth-order valence-corrected chi connectivity index (χ4v) is 4.00. The van der Waals surface area contributed by atoms with Crippen LogP contribution in [0.3, 0.4) is 0 Å². The molecule has 0 aliphatic carbocycles. The molecule has 0 saturated carbocycles. The van der Waals surface area contributed by atoms with Gasteiger partial charge in [-0.3, -0.25) is 9.52 Å². The molecule has 0 spiro atoms. The first-order valence-electron chi connectivity index (χ1n) is 8.67. The predicted octanol–water partition coefficient (Wildman–Crippen LogP) is 3.22. The molecule has 7 heteroatoms. The van der Waals surface area contributed by atoms with Gasteiger partial charge in [-0.05, 0) is 54.4 Å². The highest BCUT2D eigenvalue weighted by Gasteiger charge is 2.26. The number of benzene rings is 2. The maximum Gasteiger partial charge on any atom is 0.261 e. The lowest BCUT2D eigenvalue weighted by Gasteiger charge is -2.12. The molecule has 0 radical (unpaired) electrons. The Balaban J connectivity index is 1.73. The Hall–Kier alpha value is -2.54. The quantitative estimate of drug-likeness (QED) is 0.731. The summed E-state index contributed by atoms with van der Waals surface area (Å²) in [5.74, 6) is -0.0336. The highest BCUT2D eigenvalue weighted by atomic mass is 32.2. The lowest BCUT2D eigenvalue weighted by molar-refractivity contribution is -0.117. The number of unbranched alkanes of at least 4 members (excludes halogenated alkanes) is 1. The van der Waals surface area contributed by atoms with Crippen LogP contribution in [0.1, 0.15) is 25.3 Å². The minimum Gasteiger partial charge on any atom is -0.385 e. The molecule has 2 aromatic carbocycles. The Morgan fingerprint density at radius 3 is 2.46 bits per heavy atom. The van der Waals surface area contributed by atoms with E-state index in [0.717, 1.165) is 36.3 Å². The lowest BCUT2D eigenvalue weighted by Crippen LogP contribution is -2.20. The van der Waals surface area contributed by atoms with Gasteiger partial charge in [-0.2, -0.15) is 0 Å². The first-order chi connectivity index (χ1) is 12.4. The van der Waals surface area contributed by atoms with Crippen molar-refractivity contribution < 1.29 is 13.2 Å². The zero-order valence-electron chi connectivity index (χ0n) is 15.0. The van der Waals surface area contributed by atoms with Crippen molar-refractivity contribution >= 4 is 33.0 Å². The smallest absolute Gasteiger partial charge is 0.261 e. The second kappa shape index (κ2) is 7.37. The Kier molecular flexibility index (Phi) is 5.18. The molecule has 0 saturated heterocycles. The monoisotopic (exact) mass is 373 g/mol. The van der Waals surface area contributed by atoms with E-state index in [9.17, 15) is 13.2 Å². The number of amides is 1. The number of fused-ring (bicyclic) bond motifs is 1. The molecule has 3 rings (SSSR count). The van der Waals surface area contributed by atoms with Crippen LogP contribution in [0.5, 0.6) is 0 Å². The summed E-state index contributed by atoms with van der Waals surface area (Å²) in [6.45, 7) is 3.02. The van der Waals surface area contributed by atoms with E-state index in [-0.39, 0.29) is 17.2 Å². The summed E-state index contributed by atoms with van der Waals surface area (Å²) in [5, 5.41) is 3.29. The molecule has 1 aliphatic heterocycles. The first-order valence-corrected chi connectivity index (χ1v) is 10.2. The van der Waals surface area contributed by atoms with Gasteiger partial charge in [0.1, 0.15) is 0 Å². The van der Waals surface area contributed by atoms with Crippen LogP contribution in [0.25, 0.3) is 0 Å². The zero-order valence-corrected chi connectivity index (χ0v) is 15.8. The molecule has 2 aromatic rings. The Bertz CT molecular complexity index is 908. The molecule has 26 heavy (non-hydrogen) atoms. The van der Waals surface area contributed by atoms with Gasteiger partial charge in [0.2, 0.25) is 5.91 Å². The lowest BCUT2D eigenvalue weighted by atomic mass is 10.2. The van der Waals surface area contributed by atoms with Gasteiger partial charge in [-0.15, -0.1) is 0 Å². The molecular weight excluding hydrogens is 350 g/mol. The summed E-state index contributed by atoms with van der Waals surface area (Å²) >= 11 is 0. The van der Waals surface area contributed by atoms with Crippen molar-refractivity contribution in [2.75, 3.05) is 28.5 Å². The number of sulfonamides is 1. The van der Waals surface area contributed by atoms with Crippen LogP contribution in [-0.2, 0) is 21.2 Å². The van der Waals surface area contributed by atoms with Crippen LogP contribution in [0.2, 0.25) is 0 Å². The molecule has 1 aliphatic rings. The summed E-state index contributed by atoms with van der Waals surface area (Å²) in [4.78, 5) is 13.5. The highest BCUT2D eigenvalue weighted by Crippen LogP contribution is 2.30. The van der Waals surface area contributed by atoms with Crippen LogP contribution >= 0.6 is 0 Å². The van der Waals surface area contributed by atoms with E-state index in [1.165, 1.54) is 6.07 Å². The van der Waals surface area contributed by atoms with Crippen molar-refractivity contribution in [3.05, 3.63) is 48.0 Å². The van der Waals surface area contributed by atoms with Crippen LogP contribution < -0.4 is 14.9 Å². The number of nitrogens with one attached hydrogen (secondary N) is 2. The van der Waals surface area contributed by atoms with Crippen molar-refractivity contribution in [3.63, 3.8) is 0 Å². The van der Waals surface area contributed by atoms with E-state index in [2.05, 4.69) is 17.0 Å². The molecule has 0 aromatic heterocycles. The number of anilines is 3. The summed E-state index contributed by atoms with van der Waals surface area (Å²) in [6.07, 6.45) is 2.44. The van der Waals surface area contributed by atoms with E-state index < -0.39 is 10.0 Å². The van der Waals surface area contributed by atoms with E-state index >= 15 is 0 Å². The van der Waals surface area contributed by atoms with Crippen molar-refractivity contribution in [1.82, 2.24) is 0 Å². The number of hydrogen-bond donors (Lipinski definition) is 2. The van der Waals surface area contributed by atoms with Crippen LogP contribution in [0.4, 0.5) is 17.1 Å². The molecular formula is C19H23N3O3S. The fourth-order valence-electron chi connectivity index (χ4n) is 2.89. The highest BCUT2D eigenvalue weighted by molar-refractivity contribution is 7.92. The molecule has 0 atom stereocenters. The number of rotatable bonds is 7. The van der Waals surface area contributed by atoms with E-state index in [4.69, 9.17) is 0 Å². The minimum absolute atomic E-state index is 0.0336. The van der Waals surface area contributed by atoms with Crippen LogP contribution in [-0.4, -0.2) is 27.9 Å². The van der Waals surface area contributed by atoms with E-state index in [0.29, 0.717) is 5.69 Å². The third-order valence-electron chi connectivity index (χ3n) is 4.43. The molecule has 0 bridgehead atoms. The average Bonchev–Trinajstić information content (AvgIpc) is 2.90. The van der Waals surface area contributed by atoms with E-state index in [1.807, 2.05) is 12.1 Å². The summed E-state index contributed by atoms with van der Waals surface area (Å²) in [7, 11) is -2.01. The number of likely N-dealkylation sites (N-methyl/N-ethyl adjacent to an activating group) is 1. The Labute approximate surface area is 154 Å². The third kappa shape index (κ3) is 3.83. The molecule has 1 heterocycles. The Morgan fingerprint density at radius 2 is 1.77 bits per heavy atom. The second-order valence-electron chi connectivity index (χ2n) is 6.38. The number of nitrogens with zero attached hydrogens (tertiary/aromatic N) is 1. The molecule has 6 nitrogen and oxygen atoms in total. The summed E-state index contributed by atoms with van der Waals surface area (Å²) in [5.41, 5.74) is 2.95. The van der Waals surface area contributed by atoms with Gasteiger partial charge >= 0.3 is 0 Å². The Morgan fingerprint density at radius 1 is 1.08 bits per heavy atom.